The third kappa shape index (κ3) is 3.38. The molecule has 17 heavy (non-hydrogen) atoms. The summed E-state index contributed by atoms with van der Waals surface area (Å²) in [6, 6.07) is 4.56. The maximum atomic E-state index is 12.1. The summed E-state index contributed by atoms with van der Waals surface area (Å²) in [6.07, 6.45) is 2.81. The molecular formula is C12H13BrN2OS. The monoisotopic (exact) mass is 312 g/mol. The van der Waals surface area contributed by atoms with Gasteiger partial charge in [-0.2, -0.15) is 5.26 Å². The molecule has 2 rings (SSSR count). The largest absolute Gasteiger partial charge is 0.292 e. The van der Waals surface area contributed by atoms with Crippen molar-refractivity contribution in [1.82, 2.24) is 4.90 Å². The van der Waals surface area contributed by atoms with Gasteiger partial charge in [-0.05, 0) is 40.2 Å². The van der Waals surface area contributed by atoms with E-state index < -0.39 is 0 Å². The van der Waals surface area contributed by atoms with Crippen molar-refractivity contribution in [3.63, 3.8) is 0 Å². The summed E-state index contributed by atoms with van der Waals surface area (Å²) in [6.45, 7) is 1.14. The predicted octanol–water partition coefficient (Wildman–Crippen LogP) is 3.07. The van der Waals surface area contributed by atoms with Gasteiger partial charge < -0.3 is 0 Å². The molecule has 1 aliphatic rings. The van der Waals surface area contributed by atoms with Gasteiger partial charge in [0.1, 0.15) is 0 Å². The van der Waals surface area contributed by atoms with Gasteiger partial charge in [0.05, 0.1) is 17.5 Å². The maximum Gasteiger partial charge on any atom is 0.187 e. The van der Waals surface area contributed by atoms with Gasteiger partial charge in [-0.3, -0.25) is 9.69 Å². The van der Waals surface area contributed by atoms with Gasteiger partial charge >= 0.3 is 0 Å². The molecule has 0 atom stereocenters. The van der Waals surface area contributed by atoms with E-state index in [0.717, 1.165) is 22.2 Å². The fourth-order valence-electron chi connectivity index (χ4n) is 1.77. The highest BCUT2D eigenvalue weighted by Crippen LogP contribution is 2.28. The third-order valence-electron chi connectivity index (χ3n) is 2.79. The van der Waals surface area contributed by atoms with Crippen LogP contribution in [-0.2, 0) is 0 Å². The van der Waals surface area contributed by atoms with Crippen molar-refractivity contribution in [1.29, 1.82) is 5.26 Å². The van der Waals surface area contributed by atoms with E-state index in [1.807, 2.05) is 11.4 Å². The third-order valence-corrected chi connectivity index (χ3v) is 4.67. The molecule has 90 valence electrons. The highest BCUT2D eigenvalue weighted by atomic mass is 79.9. The van der Waals surface area contributed by atoms with Crippen LogP contribution in [0.4, 0.5) is 0 Å². The lowest BCUT2D eigenvalue weighted by molar-refractivity contribution is 0.0929. The summed E-state index contributed by atoms with van der Waals surface area (Å²) < 4.78 is 0.878. The van der Waals surface area contributed by atoms with Gasteiger partial charge in [-0.25, -0.2) is 0 Å². The molecule has 0 aliphatic heterocycles. The molecule has 1 aliphatic carbocycles. The summed E-state index contributed by atoms with van der Waals surface area (Å²) in [7, 11) is 0. The Morgan fingerprint density at radius 2 is 2.41 bits per heavy atom. The van der Waals surface area contributed by atoms with Crippen LogP contribution in [0.3, 0.4) is 0 Å². The van der Waals surface area contributed by atoms with E-state index in [-0.39, 0.29) is 5.78 Å². The number of thiophene rings is 1. The van der Waals surface area contributed by atoms with Crippen LogP contribution in [-0.4, -0.2) is 29.8 Å². The first kappa shape index (κ1) is 12.7. The summed E-state index contributed by atoms with van der Waals surface area (Å²) in [5.41, 5.74) is 0. The van der Waals surface area contributed by atoms with Crippen molar-refractivity contribution in [2.75, 3.05) is 13.1 Å². The molecule has 0 unspecified atom stereocenters. The highest BCUT2D eigenvalue weighted by molar-refractivity contribution is 9.10. The van der Waals surface area contributed by atoms with Gasteiger partial charge in [0.2, 0.25) is 0 Å². The number of ketones is 1. The summed E-state index contributed by atoms with van der Waals surface area (Å²) >= 11 is 4.85. The molecular weight excluding hydrogens is 300 g/mol. The number of hydrogen-bond acceptors (Lipinski definition) is 4. The molecule has 0 amide bonds. The standard InChI is InChI=1S/C12H13BrN2OS/c13-10-4-7-17-12(10)11(16)8-15(6-1-5-14)9-2-3-9/h4,7,9H,1-3,6,8H2. The van der Waals surface area contributed by atoms with E-state index in [0.29, 0.717) is 25.6 Å². The molecule has 5 heteroatoms. The average Bonchev–Trinajstić information content (AvgIpc) is 3.06. The maximum absolute atomic E-state index is 12.1. The Hall–Kier alpha value is -0.700. The zero-order valence-electron chi connectivity index (χ0n) is 9.36. The smallest absolute Gasteiger partial charge is 0.187 e. The van der Waals surface area contributed by atoms with Crippen molar-refractivity contribution >= 4 is 33.0 Å². The van der Waals surface area contributed by atoms with Crippen molar-refractivity contribution < 1.29 is 4.79 Å². The molecule has 1 fully saturated rings. The zero-order chi connectivity index (χ0) is 12.3. The first-order chi connectivity index (χ1) is 8.22. The van der Waals surface area contributed by atoms with Gasteiger partial charge in [-0.1, -0.05) is 0 Å². The molecule has 0 aromatic carbocycles. The average molecular weight is 313 g/mol. The Morgan fingerprint density at radius 3 is 2.94 bits per heavy atom. The molecule has 0 radical (unpaired) electrons. The Morgan fingerprint density at radius 1 is 1.65 bits per heavy atom. The Balaban J connectivity index is 1.96. The van der Waals surface area contributed by atoms with E-state index >= 15 is 0 Å². The fourth-order valence-corrected chi connectivity index (χ4v) is 3.30. The van der Waals surface area contributed by atoms with E-state index in [1.54, 1.807) is 0 Å². The Labute approximate surface area is 113 Å². The normalized spacial score (nSPS) is 14.9. The molecule has 1 aromatic rings. The van der Waals surface area contributed by atoms with Gasteiger partial charge in [0.25, 0.3) is 0 Å². The number of halogens is 1. The number of nitrogens with zero attached hydrogens (tertiary/aromatic N) is 2. The second-order valence-electron chi connectivity index (χ2n) is 4.13. The summed E-state index contributed by atoms with van der Waals surface area (Å²) in [5.74, 6) is 0.150. The second kappa shape index (κ2) is 5.76. The number of hydrogen-bond donors (Lipinski definition) is 0. The van der Waals surface area contributed by atoms with Crippen molar-refractivity contribution in [3.05, 3.63) is 20.8 Å². The molecule has 0 saturated heterocycles. The fraction of sp³-hybridized carbons (Fsp3) is 0.500. The molecule has 0 spiro atoms. The van der Waals surface area contributed by atoms with Gasteiger partial charge in [0, 0.05) is 23.5 Å². The van der Waals surface area contributed by atoms with Crippen LogP contribution in [0.2, 0.25) is 0 Å². The molecule has 1 saturated carbocycles. The highest BCUT2D eigenvalue weighted by Gasteiger charge is 2.30. The Bertz CT molecular complexity index is 448. The second-order valence-corrected chi connectivity index (χ2v) is 5.90. The minimum absolute atomic E-state index is 0.150. The topological polar surface area (TPSA) is 44.1 Å². The quantitative estimate of drug-likeness (QED) is 0.758. The van der Waals surface area contributed by atoms with Crippen LogP contribution in [0.25, 0.3) is 0 Å². The van der Waals surface area contributed by atoms with Crippen LogP contribution in [0.15, 0.2) is 15.9 Å². The predicted molar refractivity (Wildman–Crippen MR) is 71.2 cm³/mol. The number of nitriles is 1. The number of Topliss-reactive ketones (excluding diaryl/α,β-unsaturated/α-hetero) is 1. The van der Waals surface area contributed by atoms with Gasteiger partial charge in [0.15, 0.2) is 5.78 Å². The van der Waals surface area contributed by atoms with Gasteiger partial charge in [-0.15, -0.1) is 11.3 Å². The van der Waals surface area contributed by atoms with Crippen molar-refractivity contribution in [3.8, 4) is 6.07 Å². The van der Waals surface area contributed by atoms with Crippen LogP contribution in [0.1, 0.15) is 28.9 Å². The molecule has 1 aromatic heterocycles. The van der Waals surface area contributed by atoms with E-state index in [4.69, 9.17) is 5.26 Å². The molecule has 1 heterocycles. The van der Waals surface area contributed by atoms with E-state index in [1.165, 1.54) is 11.3 Å². The minimum atomic E-state index is 0.150. The Kier molecular flexibility index (Phi) is 4.32. The minimum Gasteiger partial charge on any atom is -0.292 e. The van der Waals surface area contributed by atoms with Crippen LogP contribution in [0.5, 0.6) is 0 Å². The van der Waals surface area contributed by atoms with E-state index in [9.17, 15) is 4.79 Å². The first-order valence-corrected chi connectivity index (χ1v) is 7.27. The number of rotatable bonds is 6. The van der Waals surface area contributed by atoms with Crippen molar-refractivity contribution in [2.45, 2.75) is 25.3 Å². The van der Waals surface area contributed by atoms with Crippen LogP contribution < -0.4 is 0 Å². The molecule has 0 N–H and O–H groups in total. The van der Waals surface area contributed by atoms with E-state index in [2.05, 4.69) is 26.9 Å². The number of carbonyl (C=O) groups is 1. The lowest BCUT2D eigenvalue weighted by Gasteiger charge is -2.19. The van der Waals surface area contributed by atoms with Crippen LogP contribution in [0, 0.1) is 11.3 Å². The zero-order valence-corrected chi connectivity index (χ0v) is 11.8. The summed E-state index contributed by atoms with van der Waals surface area (Å²) in [4.78, 5) is 15.0. The SMILES string of the molecule is N#CCCN(CC(=O)c1sccc1Br)C1CC1. The summed E-state index contributed by atoms with van der Waals surface area (Å²) in [5, 5.41) is 10.5. The molecule has 0 bridgehead atoms. The van der Waals surface area contributed by atoms with Crippen LogP contribution >= 0.6 is 27.3 Å². The van der Waals surface area contributed by atoms with Crippen molar-refractivity contribution in [2.24, 2.45) is 0 Å². The number of carbonyl (C=O) groups excluding carboxylic acids is 1. The first-order valence-electron chi connectivity index (χ1n) is 5.59. The lowest BCUT2D eigenvalue weighted by atomic mass is 10.2. The molecule has 3 nitrogen and oxygen atoms in total. The lowest BCUT2D eigenvalue weighted by Crippen LogP contribution is -2.32.